The zero-order valence-corrected chi connectivity index (χ0v) is 14.4. The molecule has 1 aliphatic heterocycles. The number of likely N-dealkylation sites (N-methyl/N-ethyl adjacent to an activating group) is 1. The number of imide groups is 1. The Morgan fingerprint density at radius 1 is 1.22 bits per heavy atom. The summed E-state index contributed by atoms with van der Waals surface area (Å²) in [5, 5.41) is -0.227. The molecule has 1 aromatic carbocycles. The Kier molecular flexibility index (Phi) is 6.10. The molecule has 2 rings (SSSR count). The second-order valence-electron chi connectivity index (χ2n) is 5.04. The van der Waals surface area contributed by atoms with Gasteiger partial charge in [-0.1, -0.05) is 19.4 Å². The molecule has 0 unspecified atom stereocenters. The highest BCUT2D eigenvalue weighted by atomic mass is 32.2. The van der Waals surface area contributed by atoms with Crippen LogP contribution in [0.15, 0.2) is 23.1 Å². The molecule has 6 heteroatoms. The molecule has 1 fully saturated rings. The first-order valence-corrected chi connectivity index (χ1v) is 8.48. The number of carbonyl (C=O) groups is 2. The van der Waals surface area contributed by atoms with Gasteiger partial charge in [0.2, 0.25) is 0 Å². The van der Waals surface area contributed by atoms with Gasteiger partial charge in [-0.2, -0.15) is 0 Å². The zero-order chi connectivity index (χ0) is 16.8. The normalized spacial score (nSPS) is 16.3. The number of methoxy groups -OCH3 is 1. The SMILES string of the molecule is CCCCOc1ccc(/C=C2\SC(=O)N(CC)C2=O)cc1OC. The Hall–Kier alpha value is -1.95. The molecule has 1 saturated heterocycles. The Bertz CT molecular complexity index is 627. The first-order chi connectivity index (χ1) is 11.1. The van der Waals surface area contributed by atoms with E-state index in [4.69, 9.17) is 9.47 Å². The minimum Gasteiger partial charge on any atom is -0.493 e. The van der Waals surface area contributed by atoms with Crippen molar-refractivity contribution in [3.05, 3.63) is 28.7 Å². The van der Waals surface area contributed by atoms with Crippen molar-refractivity contribution in [3.63, 3.8) is 0 Å². The fraction of sp³-hybridized carbons (Fsp3) is 0.412. The summed E-state index contributed by atoms with van der Waals surface area (Å²) in [5.41, 5.74) is 0.797. The number of carbonyl (C=O) groups excluding carboxylic acids is 2. The van der Waals surface area contributed by atoms with Crippen LogP contribution in [0.5, 0.6) is 11.5 Å². The third kappa shape index (κ3) is 4.07. The highest BCUT2D eigenvalue weighted by Gasteiger charge is 2.33. The Morgan fingerprint density at radius 3 is 2.61 bits per heavy atom. The summed E-state index contributed by atoms with van der Waals surface area (Å²) in [4.78, 5) is 25.5. The number of rotatable bonds is 7. The molecule has 5 nitrogen and oxygen atoms in total. The average molecular weight is 335 g/mol. The summed E-state index contributed by atoms with van der Waals surface area (Å²) in [6, 6.07) is 5.48. The third-order valence-electron chi connectivity index (χ3n) is 3.43. The monoisotopic (exact) mass is 335 g/mol. The van der Waals surface area contributed by atoms with Gasteiger partial charge in [-0.3, -0.25) is 14.5 Å². The van der Waals surface area contributed by atoms with Gasteiger partial charge in [0, 0.05) is 6.54 Å². The predicted octanol–water partition coefficient (Wildman–Crippen LogP) is 3.93. The van der Waals surface area contributed by atoms with E-state index in [9.17, 15) is 9.59 Å². The van der Waals surface area contributed by atoms with Crippen LogP contribution >= 0.6 is 11.8 Å². The van der Waals surface area contributed by atoms with Crippen LogP contribution in [-0.4, -0.2) is 36.3 Å². The fourth-order valence-electron chi connectivity index (χ4n) is 2.14. The molecule has 1 aromatic rings. The van der Waals surface area contributed by atoms with Crippen LogP contribution in [0, 0.1) is 0 Å². The van der Waals surface area contributed by atoms with Gasteiger partial charge < -0.3 is 9.47 Å². The van der Waals surface area contributed by atoms with E-state index in [1.54, 1.807) is 26.2 Å². The van der Waals surface area contributed by atoms with Crippen molar-refractivity contribution in [2.45, 2.75) is 26.7 Å². The Balaban J connectivity index is 2.19. The number of hydrogen-bond donors (Lipinski definition) is 0. The van der Waals surface area contributed by atoms with E-state index >= 15 is 0 Å². The third-order valence-corrected chi connectivity index (χ3v) is 4.34. The van der Waals surface area contributed by atoms with Gasteiger partial charge in [-0.05, 0) is 48.9 Å². The average Bonchev–Trinajstić information content (AvgIpc) is 2.82. The molecule has 0 aromatic heterocycles. The number of unbranched alkanes of at least 4 members (excludes halogenated alkanes) is 1. The van der Waals surface area contributed by atoms with E-state index in [1.165, 1.54) is 4.90 Å². The van der Waals surface area contributed by atoms with Crippen LogP contribution in [0.2, 0.25) is 0 Å². The highest BCUT2D eigenvalue weighted by molar-refractivity contribution is 8.18. The maximum atomic E-state index is 12.1. The van der Waals surface area contributed by atoms with Gasteiger partial charge in [-0.25, -0.2) is 0 Å². The van der Waals surface area contributed by atoms with Gasteiger partial charge in [0.1, 0.15) is 0 Å². The number of ether oxygens (including phenoxy) is 2. The number of thioether (sulfide) groups is 1. The lowest BCUT2D eigenvalue weighted by Crippen LogP contribution is -2.27. The molecule has 0 aliphatic carbocycles. The molecular weight excluding hydrogens is 314 g/mol. The van der Waals surface area contributed by atoms with E-state index in [2.05, 4.69) is 6.92 Å². The molecule has 0 atom stereocenters. The topological polar surface area (TPSA) is 55.8 Å². The molecule has 2 amide bonds. The molecule has 23 heavy (non-hydrogen) atoms. The largest absolute Gasteiger partial charge is 0.493 e. The number of hydrogen-bond acceptors (Lipinski definition) is 5. The van der Waals surface area contributed by atoms with Crippen molar-refractivity contribution >= 4 is 29.0 Å². The molecule has 1 aliphatic rings. The summed E-state index contributed by atoms with van der Waals surface area (Å²) in [6.45, 7) is 4.91. The van der Waals surface area contributed by atoms with Crippen LogP contribution < -0.4 is 9.47 Å². The lowest BCUT2D eigenvalue weighted by Gasteiger charge is -2.11. The van der Waals surface area contributed by atoms with E-state index in [1.807, 2.05) is 12.1 Å². The van der Waals surface area contributed by atoms with E-state index in [0.717, 1.165) is 30.2 Å². The van der Waals surface area contributed by atoms with Crippen LogP contribution in [0.25, 0.3) is 6.08 Å². The smallest absolute Gasteiger partial charge is 0.293 e. The summed E-state index contributed by atoms with van der Waals surface area (Å²) in [7, 11) is 1.58. The first-order valence-electron chi connectivity index (χ1n) is 7.66. The molecule has 1 heterocycles. The quantitative estimate of drug-likeness (QED) is 0.558. The summed E-state index contributed by atoms with van der Waals surface area (Å²) in [5.74, 6) is 1.05. The molecule has 0 saturated carbocycles. The van der Waals surface area contributed by atoms with Gasteiger partial charge in [0.25, 0.3) is 11.1 Å². The van der Waals surface area contributed by atoms with Crippen molar-refractivity contribution in [1.29, 1.82) is 0 Å². The van der Waals surface area contributed by atoms with E-state index in [-0.39, 0.29) is 11.1 Å². The van der Waals surface area contributed by atoms with Crippen molar-refractivity contribution in [1.82, 2.24) is 4.90 Å². The molecule has 0 bridgehead atoms. The van der Waals surface area contributed by atoms with Crippen LogP contribution in [-0.2, 0) is 4.79 Å². The van der Waals surface area contributed by atoms with Crippen LogP contribution in [0.4, 0.5) is 4.79 Å². The summed E-state index contributed by atoms with van der Waals surface area (Å²) in [6.07, 6.45) is 3.75. The zero-order valence-electron chi connectivity index (χ0n) is 13.6. The maximum absolute atomic E-state index is 12.1. The highest BCUT2D eigenvalue weighted by Crippen LogP contribution is 2.34. The summed E-state index contributed by atoms with van der Waals surface area (Å²) < 4.78 is 11.0. The van der Waals surface area contributed by atoms with Crippen molar-refractivity contribution in [2.75, 3.05) is 20.3 Å². The molecule has 0 radical (unpaired) electrons. The predicted molar refractivity (Wildman–Crippen MR) is 91.7 cm³/mol. The lowest BCUT2D eigenvalue weighted by atomic mass is 10.2. The minimum absolute atomic E-state index is 0.227. The van der Waals surface area contributed by atoms with Crippen LogP contribution in [0.3, 0.4) is 0 Å². The standard InChI is InChI=1S/C17H21NO4S/c1-4-6-9-22-13-8-7-12(10-14(13)21-3)11-15-16(19)18(5-2)17(20)23-15/h7-8,10-11H,4-6,9H2,1-3H3/b15-11-. The molecule has 0 N–H and O–H groups in total. The second-order valence-corrected chi connectivity index (χ2v) is 6.03. The lowest BCUT2D eigenvalue weighted by molar-refractivity contribution is -0.122. The number of nitrogens with zero attached hydrogens (tertiary/aromatic N) is 1. The first kappa shape index (κ1) is 17.4. The Morgan fingerprint density at radius 2 is 2.00 bits per heavy atom. The van der Waals surface area contributed by atoms with E-state index in [0.29, 0.717) is 29.6 Å². The van der Waals surface area contributed by atoms with Crippen molar-refractivity contribution in [2.24, 2.45) is 0 Å². The van der Waals surface area contributed by atoms with Crippen LogP contribution in [0.1, 0.15) is 32.3 Å². The molecular formula is C17H21NO4S. The fourth-order valence-corrected chi connectivity index (χ4v) is 3.05. The minimum atomic E-state index is -0.246. The van der Waals surface area contributed by atoms with Gasteiger partial charge in [0.05, 0.1) is 18.6 Å². The number of benzene rings is 1. The Labute approximate surface area is 140 Å². The van der Waals surface area contributed by atoms with Gasteiger partial charge in [0.15, 0.2) is 11.5 Å². The summed E-state index contributed by atoms with van der Waals surface area (Å²) >= 11 is 0.962. The van der Waals surface area contributed by atoms with Gasteiger partial charge in [-0.15, -0.1) is 0 Å². The molecule has 0 spiro atoms. The van der Waals surface area contributed by atoms with Crippen molar-refractivity contribution < 1.29 is 19.1 Å². The second kappa shape index (κ2) is 8.06. The van der Waals surface area contributed by atoms with Crippen molar-refractivity contribution in [3.8, 4) is 11.5 Å². The maximum Gasteiger partial charge on any atom is 0.293 e. The molecule has 124 valence electrons. The number of amides is 2. The van der Waals surface area contributed by atoms with Gasteiger partial charge >= 0.3 is 0 Å². The van der Waals surface area contributed by atoms with E-state index < -0.39 is 0 Å².